The molecule has 0 aliphatic heterocycles. The lowest BCUT2D eigenvalue weighted by molar-refractivity contribution is 0.137. The fourth-order valence-corrected chi connectivity index (χ4v) is 4.21. The summed E-state index contributed by atoms with van der Waals surface area (Å²) in [5.41, 5.74) is 0.196. The molecule has 25 heavy (non-hydrogen) atoms. The summed E-state index contributed by atoms with van der Waals surface area (Å²) in [6.07, 6.45) is 9.96. The number of aromatic nitrogens is 1. The minimum absolute atomic E-state index is 0. The van der Waals surface area contributed by atoms with Gasteiger partial charge in [0.25, 0.3) is 0 Å². The molecule has 0 unspecified atom stereocenters. The van der Waals surface area contributed by atoms with Crippen molar-refractivity contribution in [3.05, 3.63) is 16.1 Å². The van der Waals surface area contributed by atoms with Gasteiger partial charge in [0.2, 0.25) is 0 Å². The maximum Gasteiger partial charge on any atom is 0.191 e. The Morgan fingerprint density at radius 2 is 2.08 bits per heavy atom. The first-order valence-corrected chi connectivity index (χ1v) is 10.0. The first kappa shape index (κ1) is 22.6. The van der Waals surface area contributed by atoms with E-state index in [1.165, 1.54) is 42.0 Å². The van der Waals surface area contributed by atoms with Crippen molar-refractivity contribution in [1.29, 1.82) is 0 Å². The second-order valence-electron chi connectivity index (χ2n) is 6.77. The van der Waals surface area contributed by atoms with Crippen molar-refractivity contribution in [2.45, 2.75) is 58.8 Å². The quantitative estimate of drug-likeness (QED) is 0.303. The molecule has 0 amide bonds. The molecule has 1 saturated carbocycles. The molecule has 1 aliphatic carbocycles. The number of aryl methyl sites for hydroxylation is 1. The van der Waals surface area contributed by atoms with Crippen LogP contribution in [0.2, 0.25) is 0 Å². The minimum atomic E-state index is 0. The summed E-state index contributed by atoms with van der Waals surface area (Å²) < 4.78 is 0. The monoisotopic (exact) mass is 480 g/mol. The van der Waals surface area contributed by atoms with Crippen LogP contribution < -0.4 is 10.6 Å². The Hall–Kier alpha value is -0.410. The molecule has 1 aromatic heterocycles. The normalized spacial score (nSPS) is 17.0. The van der Waals surface area contributed by atoms with Gasteiger partial charge in [0.1, 0.15) is 0 Å². The van der Waals surface area contributed by atoms with Gasteiger partial charge in [0, 0.05) is 43.7 Å². The molecule has 1 heterocycles. The molecule has 0 saturated heterocycles. The summed E-state index contributed by atoms with van der Waals surface area (Å²) in [5.74, 6) is 0.883. The van der Waals surface area contributed by atoms with Crippen LogP contribution in [0.15, 0.2) is 11.2 Å². The fraction of sp³-hybridized carbons (Fsp3) is 0.778. The van der Waals surface area contributed by atoms with Crippen LogP contribution in [0.1, 0.15) is 55.3 Å². The number of nitrogens with one attached hydrogen (secondary N) is 2. The van der Waals surface area contributed by atoms with Crippen molar-refractivity contribution >= 4 is 41.3 Å². The highest BCUT2D eigenvalue weighted by Crippen LogP contribution is 2.39. The van der Waals surface area contributed by atoms with E-state index in [0.29, 0.717) is 0 Å². The van der Waals surface area contributed by atoms with E-state index in [2.05, 4.69) is 29.5 Å². The topological polar surface area (TPSA) is 69.5 Å². The minimum Gasteiger partial charge on any atom is -0.396 e. The molecule has 0 aromatic carbocycles. The summed E-state index contributed by atoms with van der Waals surface area (Å²) in [6, 6.07) is 0. The van der Waals surface area contributed by atoms with Crippen molar-refractivity contribution in [3.8, 4) is 0 Å². The lowest BCUT2D eigenvalue weighted by atomic mass is 9.72. The van der Waals surface area contributed by atoms with Gasteiger partial charge in [-0.3, -0.25) is 4.99 Å². The first-order chi connectivity index (χ1) is 11.7. The predicted octanol–water partition coefficient (Wildman–Crippen LogP) is 3.50. The van der Waals surface area contributed by atoms with Gasteiger partial charge < -0.3 is 15.7 Å². The Morgan fingerprint density at radius 1 is 1.32 bits per heavy atom. The standard InChI is InChI=1S/C18H32N4OS.HI/c1-3-19-17(20-11-7-16-21-13-15(2)24-16)22-14-18(10-12-23)8-5-4-6-9-18;/h13,23H,3-12,14H2,1-2H3,(H2,19,20,22);1H. The average molecular weight is 480 g/mol. The molecular formula is C18H33IN4OS. The van der Waals surface area contributed by atoms with Crippen LogP contribution in [0.25, 0.3) is 0 Å². The molecule has 5 nitrogen and oxygen atoms in total. The Labute approximate surface area is 173 Å². The highest BCUT2D eigenvalue weighted by molar-refractivity contribution is 14.0. The first-order valence-electron chi connectivity index (χ1n) is 9.22. The van der Waals surface area contributed by atoms with Gasteiger partial charge in [-0.15, -0.1) is 35.3 Å². The third kappa shape index (κ3) is 7.78. The van der Waals surface area contributed by atoms with E-state index < -0.39 is 0 Å². The zero-order valence-corrected chi connectivity index (χ0v) is 18.7. The molecular weight excluding hydrogens is 447 g/mol. The highest BCUT2D eigenvalue weighted by Gasteiger charge is 2.31. The number of nitrogens with zero attached hydrogens (tertiary/aromatic N) is 2. The van der Waals surface area contributed by atoms with Crippen molar-refractivity contribution in [2.75, 3.05) is 26.2 Å². The van der Waals surface area contributed by atoms with Crippen molar-refractivity contribution in [1.82, 2.24) is 15.6 Å². The van der Waals surface area contributed by atoms with Crippen LogP contribution in [-0.4, -0.2) is 42.3 Å². The van der Waals surface area contributed by atoms with Gasteiger partial charge in [-0.05, 0) is 38.5 Å². The van der Waals surface area contributed by atoms with Crippen LogP contribution in [0.4, 0.5) is 0 Å². The van der Waals surface area contributed by atoms with E-state index in [0.717, 1.165) is 38.4 Å². The molecule has 1 aromatic rings. The van der Waals surface area contributed by atoms with Gasteiger partial charge in [-0.25, -0.2) is 4.98 Å². The van der Waals surface area contributed by atoms with Crippen molar-refractivity contribution in [2.24, 2.45) is 10.4 Å². The zero-order valence-electron chi connectivity index (χ0n) is 15.5. The van der Waals surface area contributed by atoms with Crippen LogP contribution in [0.3, 0.4) is 0 Å². The molecule has 0 atom stereocenters. The van der Waals surface area contributed by atoms with Gasteiger partial charge in [0.05, 0.1) is 5.01 Å². The van der Waals surface area contributed by atoms with Gasteiger partial charge >= 0.3 is 0 Å². The number of guanidine groups is 1. The number of aliphatic hydroxyl groups is 1. The van der Waals surface area contributed by atoms with Crippen LogP contribution in [-0.2, 0) is 6.42 Å². The fourth-order valence-electron chi connectivity index (χ4n) is 3.42. The second-order valence-corrected chi connectivity index (χ2v) is 8.09. The van der Waals surface area contributed by atoms with Crippen molar-refractivity contribution in [3.63, 3.8) is 0 Å². The van der Waals surface area contributed by atoms with Crippen LogP contribution in [0, 0.1) is 12.3 Å². The lowest BCUT2D eigenvalue weighted by Gasteiger charge is -2.35. The number of aliphatic hydroxyl groups excluding tert-OH is 1. The number of halogens is 1. The van der Waals surface area contributed by atoms with E-state index >= 15 is 0 Å². The maximum absolute atomic E-state index is 9.44. The van der Waals surface area contributed by atoms with E-state index in [4.69, 9.17) is 4.99 Å². The molecule has 0 bridgehead atoms. The predicted molar refractivity (Wildman–Crippen MR) is 117 cm³/mol. The summed E-state index contributed by atoms with van der Waals surface area (Å²) in [7, 11) is 0. The summed E-state index contributed by atoms with van der Waals surface area (Å²) >= 11 is 1.76. The van der Waals surface area contributed by atoms with Gasteiger partial charge in [-0.2, -0.15) is 0 Å². The number of thiazole rings is 1. The van der Waals surface area contributed by atoms with E-state index in [1.807, 2.05) is 6.20 Å². The SMILES string of the molecule is CCNC(=NCC1(CCO)CCCCC1)NCCc1ncc(C)s1.I. The summed E-state index contributed by atoms with van der Waals surface area (Å²) in [4.78, 5) is 10.5. The Balaban J connectivity index is 0.00000312. The molecule has 1 aliphatic rings. The summed E-state index contributed by atoms with van der Waals surface area (Å²) in [6.45, 7) is 6.94. The highest BCUT2D eigenvalue weighted by atomic mass is 127. The molecule has 7 heteroatoms. The third-order valence-corrected chi connectivity index (χ3v) is 5.75. The molecule has 0 radical (unpaired) electrons. The number of hydrogen-bond acceptors (Lipinski definition) is 4. The van der Waals surface area contributed by atoms with Crippen molar-refractivity contribution < 1.29 is 5.11 Å². The van der Waals surface area contributed by atoms with Gasteiger partial charge in [-0.1, -0.05) is 19.3 Å². The molecule has 144 valence electrons. The molecule has 2 rings (SSSR count). The number of aliphatic imine (C=N–C) groups is 1. The van der Waals surface area contributed by atoms with E-state index in [1.54, 1.807) is 11.3 Å². The molecule has 0 spiro atoms. The van der Waals surface area contributed by atoms with Crippen LogP contribution in [0.5, 0.6) is 0 Å². The second kappa shape index (κ2) is 12.1. The van der Waals surface area contributed by atoms with E-state index in [-0.39, 0.29) is 36.0 Å². The van der Waals surface area contributed by atoms with E-state index in [9.17, 15) is 5.11 Å². The van der Waals surface area contributed by atoms with Crippen LogP contribution >= 0.6 is 35.3 Å². The maximum atomic E-state index is 9.44. The number of hydrogen-bond donors (Lipinski definition) is 3. The van der Waals surface area contributed by atoms with Gasteiger partial charge in [0.15, 0.2) is 5.96 Å². The largest absolute Gasteiger partial charge is 0.396 e. The summed E-state index contributed by atoms with van der Waals surface area (Å²) in [5, 5.41) is 17.4. The molecule has 3 N–H and O–H groups in total. The lowest BCUT2D eigenvalue weighted by Crippen LogP contribution is -2.40. The average Bonchev–Trinajstić information content (AvgIpc) is 2.99. The smallest absolute Gasteiger partial charge is 0.191 e. The zero-order chi connectivity index (χ0) is 17.3. The Bertz CT molecular complexity index is 509. The Kier molecular flexibility index (Phi) is 10.9. The third-order valence-electron chi connectivity index (χ3n) is 4.77. The molecule has 1 fully saturated rings. The number of rotatable bonds is 8. The Morgan fingerprint density at radius 3 is 2.68 bits per heavy atom.